The van der Waals surface area contributed by atoms with E-state index in [9.17, 15) is 4.79 Å². The molecule has 2 amide bonds. The number of nitrogens with zero attached hydrogens (tertiary/aromatic N) is 3. The molecule has 0 unspecified atom stereocenters. The fraction of sp³-hybridized carbons (Fsp3) is 0.294. The van der Waals surface area contributed by atoms with Crippen molar-refractivity contribution in [3.05, 3.63) is 53.7 Å². The zero-order valence-corrected chi connectivity index (χ0v) is 12.9. The van der Waals surface area contributed by atoms with Gasteiger partial charge in [-0.1, -0.05) is 18.2 Å². The van der Waals surface area contributed by atoms with Gasteiger partial charge in [-0.25, -0.2) is 9.78 Å². The molecule has 0 saturated carbocycles. The lowest BCUT2D eigenvalue weighted by molar-refractivity contribution is 0.246. The van der Waals surface area contributed by atoms with Crippen LogP contribution in [0.4, 0.5) is 16.3 Å². The Bertz CT molecular complexity index is 684. The summed E-state index contributed by atoms with van der Waals surface area (Å²) in [4.78, 5) is 20.4. The van der Waals surface area contributed by atoms with Crippen LogP contribution < -0.4 is 15.1 Å². The van der Waals surface area contributed by atoms with E-state index < -0.39 is 0 Å². The number of rotatable bonds is 3. The largest absolute Gasteiger partial charge is 0.363 e. The van der Waals surface area contributed by atoms with E-state index in [0.29, 0.717) is 6.54 Å². The van der Waals surface area contributed by atoms with Crippen molar-refractivity contribution in [2.45, 2.75) is 13.0 Å². The standard InChI is InChI=1S/C17H20N4O/c1-20(2)16-11-13(7-9-18-16)12-19-17(22)21-10-8-14-5-3-4-6-15(14)21/h3-7,9,11H,8,10,12H2,1-2H3,(H,19,22). The van der Waals surface area contributed by atoms with Crippen LogP contribution in [0.3, 0.4) is 0 Å². The summed E-state index contributed by atoms with van der Waals surface area (Å²) >= 11 is 0. The average Bonchev–Trinajstić information content (AvgIpc) is 2.97. The number of nitrogens with one attached hydrogen (secondary N) is 1. The summed E-state index contributed by atoms with van der Waals surface area (Å²) in [5.74, 6) is 0.887. The van der Waals surface area contributed by atoms with Gasteiger partial charge in [-0.15, -0.1) is 0 Å². The number of fused-ring (bicyclic) bond motifs is 1. The number of carbonyl (C=O) groups excluding carboxylic acids is 1. The van der Waals surface area contributed by atoms with Crippen molar-refractivity contribution in [1.29, 1.82) is 0 Å². The minimum absolute atomic E-state index is 0.0480. The predicted octanol–water partition coefficient (Wildman–Crippen LogP) is 2.42. The molecule has 0 spiro atoms. The first-order chi connectivity index (χ1) is 10.6. The van der Waals surface area contributed by atoms with Crippen LogP contribution in [-0.2, 0) is 13.0 Å². The first-order valence-corrected chi connectivity index (χ1v) is 7.40. The summed E-state index contributed by atoms with van der Waals surface area (Å²) in [5.41, 5.74) is 3.29. The third kappa shape index (κ3) is 2.88. The smallest absolute Gasteiger partial charge is 0.322 e. The Morgan fingerprint density at radius 2 is 2.14 bits per heavy atom. The van der Waals surface area contributed by atoms with Crippen LogP contribution >= 0.6 is 0 Å². The van der Waals surface area contributed by atoms with E-state index in [-0.39, 0.29) is 6.03 Å². The molecule has 5 heteroatoms. The highest BCUT2D eigenvalue weighted by Crippen LogP contribution is 2.27. The maximum Gasteiger partial charge on any atom is 0.322 e. The van der Waals surface area contributed by atoms with Crippen molar-refractivity contribution >= 4 is 17.5 Å². The number of benzene rings is 1. The van der Waals surface area contributed by atoms with E-state index in [1.165, 1.54) is 5.56 Å². The highest BCUT2D eigenvalue weighted by Gasteiger charge is 2.23. The molecule has 1 aliphatic heterocycles. The Kier molecular flexibility index (Phi) is 3.96. The zero-order chi connectivity index (χ0) is 15.5. The summed E-state index contributed by atoms with van der Waals surface area (Å²) < 4.78 is 0. The summed E-state index contributed by atoms with van der Waals surface area (Å²) in [5, 5.41) is 2.99. The average molecular weight is 296 g/mol. The molecule has 0 fully saturated rings. The quantitative estimate of drug-likeness (QED) is 0.946. The van der Waals surface area contributed by atoms with Crippen LogP contribution in [0.2, 0.25) is 0 Å². The van der Waals surface area contributed by atoms with Gasteiger partial charge >= 0.3 is 6.03 Å². The third-order valence-electron chi connectivity index (χ3n) is 3.84. The molecule has 2 aromatic rings. The molecule has 3 rings (SSSR count). The molecule has 5 nitrogen and oxygen atoms in total. The second-order valence-corrected chi connectivity index (χ2v) is 5.61. The van der Waals surface area contributed by atoms with E-state index in [0.717, 1.165) is 30.0 Å². The first-order valence-electron chi connectivity index (χ1n) is 7.40. The first kappa shape index (κ1) is 14.4. The fourth-order valence-corrected chi connectivity index (χ4v) is 2.64. The Balaban J connectivity index is 1.65. The van der Waals surface area contributed by atoms with Crippen molar-refractivity contribution in [2.75, 3.05) is 30.4 Å². The molecular formula is C17H20N4O. The van der Waals surface area contributed by atoms with Crippen molar-refractivity contribution in [1.82, 2.24) is 10.3 Å². The Morgan fingerprint density at radius 3 is 2.95 bits per heavy atom. The number of hydrogen-bond donors (Lipinski definition) is 1. The lowest BCUT2D eigenvalue weighted by atomic mass is 10.2. The van der Waals surface area contributed by atoms with E-state index in [4.69, 9.17) is 0 Å². The molecule has 1 N–H and O–H groups in total. The molecule has 22 heavy (non-hydrogen) atoms. The molecule has 0 atom stereocenters. The van der Waals surface area contributed by atoms with Gasteiger partial charge in [0.25, 0.3) is 0 Å². The van der Waals surface area contributed by atoms with Crippen LogP contribution in [0.5, 0.6) is 0 Å². The summed E-state index contributed by atoms with van der Waals surface area (Å²) in [6.45, 7) is 1.24. The van der Waals surface area contributed by atoms with Crippen LogP contribution in [0.15, 0.2) is 42.6 Å². The molecule has 0 saturated heterocycles. The monoisotopic (exact) mass is 296 g/mol. The maximum atomic E-state index is 12.4. The van der Waals surface area contributed by atoms with E-state index >= 15 is 0 Å². The number of urea groups is 1. The highest BCUT2D eigenvalue weighted by atomic mass is 16.2. The molecule has 114 valence electrons. The molecule has 0 bridgehead atoms. The van der Waals surface area contributed by atoms with Crippen LogP contribution in [-0.4, -0.2) is 31.7 Å². The van der Waals surface area contributed by atoms with Gasteiger partial charge in [0.05, 0.1) is 0 Å². The molecular weight excluding hydrogens is 276 g/mol. The van der Waals surface area contributed by atoms with Crippen LogP contribution in [0, 0.1) is 0 Å². The molecule has 1 aromatic heterocycles. The number of amides is 2. The van der Waals surface area contributed by atoms with Gasteiger partial charge in [-0.3, -0.25) is 4.90 Å². The van der Waals surface area contributed by atoms with E-state index in [1.807, 2.05) is 54.2 Å². The van der Waals surface area contributed by atoms with Gasteiger partial charge in [0.1, 0.15) is 5.82 Å². The molecule has 0 aliphatic carbocycles. The van der Waals surface area contributed by atoms with E-state index in [2.05, 4.69) is 16.4 Å². The number of carbonyl (C=O) groups is 1. The van der Waals surface area contributed by atoms with E-state index in [1.54, 1.807) is 6.20 Å². The third-order valence-corrected chi connectivity index (χ3v) is 3.84. The number of hydrogen-bond acceptors (Lipinski definition) is 3. The zero-order valence-electron chi connectivity index (χ0n) is 12.9. The van der Waals surface area contributed by atoms with Gasteiger partial charge in [-0.05, 0) is 35.7 Å². The maximum absolute atomic E-state index is 12.4. The SMILES string of the molecule is CN(C)c1cc(CNC(=O)N2CCc3ccccc32)ccn1. The normalized spacial score (nSPS) is 12.9. The lowest BCUT2D eigenvalue weighted by Crippen LogP contribution is -2.38. The van der Waals surface area contributed by atoms with Crippen molar-refractivity contribution in [2.24, 2.45) is 0 Å². The van der Waals surface area contributed by atoms with Gasteiger partial charge in [0.2, 0.25) is 0 Å². The minimum atomic E-state index is -0.0480. The topological polar surface area (TPSA) is 48.5 Å². The van der Waals surface area contributed by atoms with Gasteiger partial charge in [0.15, 0.2) is 0 Å². The van der Waals surface area contributed by atoms with Gasteiger partial charge in [0, 0.05) is 39.1 Å². The Hall–Kier alpha value is -2.56. The predicted molar refractivity (Wildman–Crippen MR) is 88.3 cm³/mol. The van der Waals surface area contributed by atoms with Crippen molar-refractivity contribution < 1.29 is 4.79 Å². The van der Waals surface area contributed by atoms with Crippen LogP contribution in [0.1, 0.15) is 11.1 Å². The fourth-order valence-electron chi connectivity index (χ4n) is 2.64. The van der Waals surface area contributed by atoms with Crippen molar-refractivity contribution in [3.63, 3.8) is 0 Å². The van der Waals surface area contributed by atoms with Crippen molar-refractivity contribution in [3.8, 4) is 0 Å². The number of para-hydroxylation sites is 1. The summed E-state index contributed by atoms with van der Waals surface area (Å²) in [7, 11) is 3.90. The van der Waals surface area contributed by atoms with Crippen LogP contribution in [0.25, 0.3) is 0 Å². The molecule has 2 heterocycles. The molecule has 1 aromatic carbocycles. The highest BCUT2D eigenvalue weighted by molar-refractivity contribution is 5.94. The number of pyridine rings is 1. The second kappa shape index (κ2) is 6.05. The second-order valence-electron chi connectivity index (χ2n) is 5.61. The molecule has 0 radical (unpaired) electrons. The minimum Gasteiger partial charge on any atom is -0.363 e. The summed E-state index contributed by atoms with van der Waals surface area (Å²) in [6, 6.07) is 11.9. The Morgan fingerprint density at radius 1 is 1.32 bits per heavy atom. The van der Waals surface area contributed by atoms with Gasteiger partial charge < -0.3 is 10.2 Å². The number of aromatic nitrogens is 1. The number of anilines is 2. The Labute approximate surface area is 130 Å². The summed E-state index contributed by atoms with van der Waals surface area (Å²) in [6.07, 6.45) is 2.69. The van der Waals surface area contributed by atoms with Gasteiger partial charge in [-0.2, -0.15) is 0 Å². The lowest BCUT2D eigenvalue weighted by Gasteiger charge is -2.18. The molecule has 1 aliphatic rings.